The average molecular weight is 278 g/mol. The maximum atomic E-state index is 13.3. The van der Waals surface area contributed by atoms with Gasteiger partial charge in [-0.25, -0.2) is 17.6 Å². The lowest BCUT2D eigenvalue weighted by atomic mass is 10.2. The molecule has 19 heavy (non-hydrogen) atoms. The standard InChI is InChI=1S/C11H10F4N2O2/c12-5-3-6(13)9(15)10(8(5)14)17-11(18)7-4-19-2-1-16-7/h3,7,16H,1-2,4H2,(H,17,18). The Hall–Kier alpha value is -1.67. The molecule has 0 spiro atoms. The van der Waals surface area contributed by atoms with Gasteiger partial charge in [0, 0.05) is 12.6 Å². The molecule has 1 heterocycles. The lowest BCUT2D eigenvalue weighted by Gasteiger charge is -2.23. The Morgan fingerprint density at radius 3 is 2.42 bits per heavy atom. The van der Waals surface area contributed by atoms with Crippen LogP contribution in [0, 0.1) is 23.3 Å². The minimum absolute atomic E-state index is 0.00681. The molecule has 0 aromatic heterocycles. The quantitative estimate of drug-likeness (QED) is 0.630. The molecule has 104 valence electrons. The normalized spacial score (nSPS) is 19.3. The number of halogens is 4. The van der Waals surface area contributed by atoms with Crippen LogP contribution in [-0.2, 0) is 9.53 Å². The number of ether oxygens (including phenoxy) is 1. The third-order valence-corrected chi connectivity index (χ3v) is 2.60. The van der Waals surface area contributed by atoms with E-state index in [2.05, 4.69) is 5.32 Å². The van der Waals surface area contributed by atoms with Gasteiger partial charge in [0.1, 0.15) is 11.7 Å². The fraction of sp³-hybridized carbons (Fsp3) is 0.364. The molecule has 2 N–H and O–H groups in total. The predicted molar refractivity (Wildman–Crippen MR) is 57.5 cm³/mol. The third-order valence-electron chi connectivity index (χ3n) is 2.60. The van der Waals surface area contributed by atoms with Gasteiger partial charge in [-0.1, -0.05) is 0 Å². The number of carbonyl (C=O) groups is 1. The number of carbonyl (C=O) groups excluding carboxylic acids is 1. The van der Waals surface area contributed by atoms with E-state index in [0.717, 1.165) is 0 Å². The van der Waals surface area contributed by atoms with E-state index in [-0.39, 0.29) is 12.7 Å². The highest BCUT2D eigenvalue weighted by molar-refractivity contribution is 5.95. The molecule has 0 bridgehead atoms. The van der Waals surface area contributed by atoms with E-state index in [1.165, 1.54) is 0 Å². The zero-order valence-corrected chi connectivity index (χ0v) is 9.60. The predicted octanol–water partition coefficient (Wildman–Crippen LogP) is 1.17. The number of nitrogens with one attached hydrogen (secondary N) is 2. The number of benzene rings is 1. The molecule has 1 aromatic rings. The van der Waals surface area contributed by atoms with Crippen LogP contribution < -0.4 is 10.6 Å². The lowest BCUT2D eigenvalue weighted by Crippen LogP contribution is -2.49. The van der Waals surface area contributed by atoms with E-state index in [1.54, 1.807) is 0 Å². The zero-order valence-electron chi connectivity index (χ0n) is 9.60. The van der Waals surface area contributed by atoms with Crippen molar-refractivity contribution in [3.8, 4) is 0 Å². The maximum Gasteiger partial charge on any atom is 0.244 e. The molecule has 8 heteroatoms. The molecule has 0 radical (unpaired) electrons. The van der Waals surface area contributed by atoms with Crippen LogP contribution in [0.1, 0.15) is 0 Å². The zero-order chi connectivity index (χ0) is 14.0. The van der Waals surface area contributed by atoms with Crippen LogP contribution in [0.25, 0.3) is 0 Å². The van der Waals surface area contributed by atoms with Crippen molar-refractivity contribution in [3.63, 3.8) is 0 Å². The van der Waals surface area contributed by atoms with E-state index in [1.807, 2.05) is 5.32 Å². The van der Waals surface area contributed by atoms with Gasteiger partial charge in [0.2, 0.25) is 5.91 Å². The summed E-state index contributed by atoms with van der Waals surface area (Å²) in [4.78, 5) is 11.7. The topological polar surface area (TPSA) is 50.4 Å². The van der Waals surface area contributed by atoms with Crippen LogP contribution in [0.3, 0.4) is 0 Å². The van der Waals surface area contributed by atoms with Crippen LogP contribution in [0.5, 0.6) is 0 Å². The molecule has 1 fully saturated rings. The molecule has 4 nitrogen and oxygen atoms in total. The minimum Gasteiger partial charge on any atom is -0.378 e. The largest absolute Gasteiger partial charge is 0.378 e. The summed E-state index contributed by atoms with van der Waals surface area (Å²) in [6, 6.07) is -0.763. The molecule has 0 aliphatic carbocycles. The van der Waals surface area contributed by atoms with Crippen LogP contribution in [0.15, 0.2) is 6.07 Å². The first-order valence-corrected chi connectivity index (χ1v) is 5.45. The van der Waals surface area contributed by atoms with Gasteiger partial charge >= 0.3 is 0 Å². The van der Waals surface area contributed by atoms with Crippen molar-refractivity contribution in [2.75, 3.05) is 25.1 Å². The Labute approximate surface area is 105 Å². The fourth-order valence-electron chi connectivity index (χ4n) is 1.63. The highest BCUT2D eigenvalue weighted by Crippen LogP contribution is 2.24. The van der Waals surface area contributed by atoms with Gasteiger partial charge in [-0.3, -0.25) is 4.79 Å². The van der Waals surface area contributed by atoms with Crippen LogP contribution in [0.4, 0.5) is 23.2 Å². The van der Waals surface area contributed by atoms with Gasteiger partial charge < -0.3 is 15.4 Å². The first kappa shape index (κ1) is 13.8. The molecule has 1 unspecified atom stereocenters. The first-order valence-electron chi connectivity index (χ1n) is 5.45. The SMILES string of the molecule is O=C(Nc1c(F)c(F)cc(F)c1F)C1COCCN1. The summed E-state index contributed by atoms with van der Waals surface area (Å²) in [6.45, 7) is 0.800. The van der Waals surface area contributed by atoms with Gasteiger partial charge in [-0.2, -0.15) is 0 Å². The molecule has 2 rings (SSSR count). The van der Waals surface area contributed by atoms with Crippen molar-refractivity contribution in [1.29, 1.82) is 0 Å². The summed E-state index contributed by atoms with van der Waals surface area (Å²) in [7, 11) is 0. The number of rotatable bonds is 2. The second kappa shape index (κ2) is 5.54. The van der Waals surface area contributed by atoms with Crippen LogP contribution in [0.2, 0.25) is 0 Å². The third kappa shape index (κ3) is 2.85. The van der Waals surface area contributed by atoms with Crippen LogP contribution in [-0.4, -0.2) is 31.7 Å². The Kier molecular flexibility index (Phi) is 4.01. The molecule has 1 amide bonds. The van der Waals surface area contributed by atoms with Crippen molar-refractivity contribution in [2.45, 2.75) is 6.04 Å². The average Bonchev–Trinajstić information content (AvgIpc) is 2.42. The van der Waals surface area contributed by atoms with E-state index in [0.29, 0.717) is 13.2 Å². The van der Waals surface area contributed by atoms with E-state index >= 15 is 0 Å². The van der Waals surface area contributed by atoms with Gasteiger partial charge in [0.25, 0.3) is 0 Å². The smallest absolute Gasteiger partial charge is 0.244 e. The van der Waals surface area contributed by atoms with Gasteiger partial charge in [0.05, 0.1) is 13.2 Å². The molecule has 1 saturated heterocycles. The van der Waals surface area contributed by atoms with Crippen molar-refractivity contribution >= 4 is 11.6 Å². The van der Waals surface area contributed by atoms with Gasteiger partial charge in [0.15, 0.2) is 23.3 Å². The van der Waals surface area contributed by atoms with Crippen molar-refractivity contribution < 1.29 is 27.1 Å². The highest BCUT2D eigenvalue weighted by atomic mass is 19.2. The van der Waals surface area contributed by atoms with Crippen molar-refractivity contribution in [3.05, 3.63) is 29.3 Å². The molecule has 1 atom stereocenters. The van der Waals surface area contributed by atoms with Gasteiger partial charge in [-0.15, -0.1) is 0 Å². The minimum atomic E-state index is -1.65. The summed E-state index contributed by atoms with van der Waals surface area (Å²) < 4.78 is 57.5. The summed E-state index contributed by atoms with van der Waals surface area (Å²) in [5.74, 6) is -7.29. The summed E-state index contributed by atoms with van der Waals surface area (Å²) >= 11 is 0. The van der Waals surface area contributed by atoms with E-state index in [9.17, 15) is 22.4 Å². The van der Waals surface area contributed by atoms with Crippen molar-refractivity contribution in [2.24, 2.45) is 0 Å². The van der Waals surface area contributed by atoms with E-state index in [4.69, 9.17) is 4.74 Å². The Morgan fingerprint density at radius 1 is 1.26 bits per heavy atom. The maximum absolute atomic E-state index is 13.3. The Bertz CT molecular complexity index is 478. The Balaban J connectivity index is 2.20. The van der Waals surface area contributed by atoms with E-state index < -0.39 is 40.9 Å². The van der Waals surface area contributed by atoms with Crippen LogP contribution >= 0.6 is 0 Å². The lowest BCUT2D eigenvalue weighted by molar-refractivity contribution is -0.120. The first-order chi connectivity index (χ1) is 9.00. The molecule has 0 saturated carbocycles. The second-order valence-electron chi connectivity index (χ2n) is 3.91. The molecule has 1 aromatic carbocycles. The monoisotopic (exact) mass is 278 g/mol. The van der Waals surface area contributed by atoms with Gasteiger partial charge in [-0.05, 0) is 0 Å². The molecular weight excluding hydrogens is 268 g/mol. The number of hydrogen-bond donors (Lipinski definition) is 2. The highest BCUT2D eigenvalue weighted by Gasteiger charge is 2.26. The molecular formula is C11H10F4N2O2. The summed E-state index contributed by atoms with van der Waals surface area (Å²) in [6.07, 6.45) is 0. The number of morpholine rings is 1. The number of hydrogen-bond acceptors (Lipinski definition) is 3. The molecule has 1 aliphatic rings. The number of amides is 1. The molecule has 1 aliphatic heterocycles. The Morgan fingerprint density at radius 2 is 1.89 bits per heavy atom. The fourth-order valence-corrected chi connectivity index (χ4v) is 1.63. The second-order valence-corrected chi connectivity index (χ2v) is 3.91. The summed E-state index contributed by atoms with van der Waals surface area (Å²) in [5.41, 5.74) is -1.14. The summed E-state index contributed by atoms with van der Waals surface area (Å²) in [5, 5.41) is 4.56. The number of anilines is 1. The van der Waals surface area contributed by atoms with Crippen molar-refractivity contribution in [1.82, 2.24) is 5.32 Å².